The van der Waals surface area contributed by atoms with Crippen LogP contribution in [0, 0.1) is 35.5 Å². The summed E-state index contributed by atoms with van der Waals surface area (Å²) in [5, 5.41) is 2.29. The number of halogens is 2. The van der Waals surface area contributed by atoms with Crippen molar-refractivity contribution < 1.29 is 23.9 Å². The molecule has 0 N–H and O–H groups in total. The summed E-state index contributed by atoms with van der Waals surface area (Å²) in [6.07, 6.45) is 5.14. The number of ketones is 1. The topological polar surface area (TPSA) is 84.0 Å². The lowest BCUT2D eigenvalue weighted by Crippen LogP contribution is -2.52. The number of hydrazine groups is 1. The molecule has 7 nitrogen and oxygen atoms in total. The zero-order valence-electron chi connectivity index (χ0n) is 19.3. The summed E-state index contributed by atoms with van der Waals surface area (Å²) in [4.78, 5) is 54.5. The van der Waals surface area contributed by atoms with Crippen molar-refractivity contribution in [3.05, 3.63) is 75.8 Å². The Morgan fingerprint density at radius 1 is 0.944 bits per heavy atom. The third-order valence-electron chi connectivity index (χ3n) is 7.97. The van der Waals surface area contributed by atoms with Crippen molar-refractivity contribution in [2.24, 2.45) is 35.5 Å². The highest BCUT2D eigenvalue weighted by Crippen LogP contribution is 2.65. The van der Waals surface area contributed by atoms with E-state index in [1.807, 2.05) is 0 Å². The number of hydrogen-bond acceptors (Lipinski definition) is 5. The standard InChI is InChI=1S/C27H22Cl2N2O5/c1-36-15-4-2-3-13(9-15)22(32)12-30(25(33)14-5-8-20(28)21(29)10-14)31-26(34)23-16-6-7-17(19-11-18(16)19)24(23)27(31)35/h2-10,16-19,23-24H,11-12H2,1H3/t16-,17+,18-,19-,23+,24-/m1/s1. The van der Waals surface area contributed by atoms with Crippen molar-refractivity contribution in [2.45, 2.75) is 6.42 Å². The largest absolute Gasteiger partial charge is 0.497 e. The Morgan fingerprint density at radius 2 is 1.61 bits per heavy atom. The Bertz CT molecular complexity index is 1320. The average molecular weight is 525 g/mol. The molecular weight excluding hydrogens is 503 g/mol. The third kappa shape index (κ3) is 3.48. The fourth-order valence-corrected chi connectivity index (χ4v) is 6.51. The molecule has 5 aliphatic rings. The quantitative estimate of drug-likeness (QED) is 0.319. The normalized spacial score (nSPS) is 29.1. The Balaban J connectivity index is 1.37. The number of carbonyl (C=O) groups excluding carboxylic acids is 4. The molecule has 36 heavy (non-hydrogen) atoms. The maximum Gasteiger partial charge on any atom is 0.273 e. The number of imide groups is 1. The molecule has 4 aliphatic carbocycles. The van der Waals surface area contributed by atoms with Gasteiger partial charge in [-0.3, -0.25) is 19.2 Å². The molecule has 0 aromatic heterocycles. The van der Waals surface area contributed by atoms with Gasteiger partial charge < -0.3 is 4.74 Å². The number of carbonyl (C=O) groups is 4. The number of nitrogens with zero attached hydrogens (tertiary/aromatic N) is 2. The van der Waals surface area contributed by atoms with Gasteiger partial charge in [-0.25, -0.2) is 5.01 Å². The highest BCUT2D eigenvalue weighted by Gasteiger charge is 2.68. The summed E-state index contributed by atoms with van der Waals surface area (Å²) in [6, 6.07) is 10.8. The first-order valence-electron chi connectivity index (χ1n) is 11.8. The second-order valence-corrected chi connectivity index (χ2v) is 10.6. The second kappa shape index (κ2) is 8.46. The molecule has 9 heteroatoms. The molecule has 0 radical (unpaired) electrons. The van der Waals surface area contributed by atoms with Gasteiger partial charge in [0, 0.05) is 11.1 Å². The van der Waals surface area contributed by atoms with Crippen molar-refractivity contribution in [1.82, 2.24) is 10.0 Å². The van der Waals surface area contributed by atoms with Gasteiger partial charge in [-0.1, -0.05) is 47.5 Å². The Morgan fingerprint density at radius 3 is 2.22 bits per heavy atom. The maximum absolute atomic E-state index is 13.7. The molecule has 184 valence electrons. The van der Waals surface area contributed by atoms with Crippen molar-refractivity contribution in [3.63, 3.8) is 0 Å². The molecule has 2 aromatic rings. The Kier molecular flexibility index (Phi) is 5.46. The van der Waals surface area contributed by atoms with Gasteiger partial charge in [0.2, 0.25) is 0 Å². The number of Topliss-reactive ketones (excluding diaryl/α,β-unsaturated/α-hetero) is 1. The van der Waals surface area contributed by atoms with Crippen molar-refractivity contribution >= 4 is 46.7 Å². The Labute approximate surface area is 217 Å². The van der Waals surface area contributed by atoms with Crippen LogP contribution in [0.25, 0.3) is 0 Å². The molecule has 0 spiro atoms. The van der Waals surface area contributed by atoms with Crippen molar-refractivity contribution in [3.8, 4) is 5.75 Å². The van der Waals surface area contributed by atoms with E-state index in [9.17, 15) is 19.2 Å². The van der Waals surface area contributed by atoms with E-state index in [0.717, 1.165) is 16.4 Å². The number of hydrogen-bond donors (Lipinski definition) is 0. The highest BCUT2D eigenvalue weighted by molar-refractivity contribution is 6.42. The molecule has 3 amide bonds. The van der Waals surface area contributed by atoms with Crippen LogP contribution in [0.2, 0.25) is 10.0 Å². The van der Waals surface area contributed by atoms with Gasteiger partial charge in [-0.2, -0.15) is 5.01 Å². The predicted octanol–water partition coefficient (Wildman–Crippen LogP) is 4.30. The lowest BCUT2D eigenvalue weighted by Gasteiger charge is -2.37. The number of allylic oxidation sites excluding steroid dienone is 2. The average Bonchev–Trinajstić information content (AvgIpc) is 3.67. The van der Waals surface area contributed by atoms with Gasteiger partial charge in [0.15, 0.2) is 5.78 Å². The zero-order chi connectivity index (χ0) is 25.3. The van der Waals surface area contributed by atoms with Gasteiger partial charge in [0.1, 0.15) is 12.3 Å². The molecule has 1 saturated heterocycles. The van der Waals surface area contributed by atoms with Crippen LogP contribution in [0.15, 0.2) is 54.6 Å². The van der Waals surface area contributed by atoms with Crippen LogP contribution < -0.4 is 4.74 Å². The lowest BCUT2D eigenvalue weighted by molar-refractivity contribution is -0.154. The zero-order valence-corrected chi connectivity index (χ0v) is 20.8. The first-order valence-corrected chi connectivity index (χ1v) is 12.6. The monoisotopic (exact) mass is 524 g/mol. The minimum atomic E-state index is -0.685. The van der Waals surface area contributed by atoms with Gasteiger partial charge in [0.25, 0.3) is 17.7 Å². The van der Waals surface area contributed by atoms with E-state index in [1.54, 1.807) is 24.3 Å². The smallest absolute Gasteiger partial charge is 0.273 e. The first kappa shape index (κ1) is 23.3. The van der Waals surface area contributed by atoms with Crippen LogP contribution in [-0.4, -0.2) is 47.2 Å². The van der Waals surface area contributed by atoms with Crippen molar-refractivity contribution in [2.75, 3.05) is 13.7 Å². The summed E-state index contributed by atoms with van der Waals surface area (Å²) in [5.41, 5.74) is 0.406. The molecule has 0 unspecified atom stereocenters. The molecule has 2 bridgehead atoms. The van der Waals surface area contributed by atoms with Crippen LogP contribution in [0.1, 0.15) is 27.1 Å². The summed E-state index contributed by atoms with van der Waals surface area (Å²) >= 11 is 12.2. The van der Waals surface area contributed by atoms with Gasteiger partial charge in [-0.15, -0.1) is 0 Å². The van der Waals surface area contributed by atoms with E-state index in [-0.39, 0.29) is 27.4 Å². The maximum atomic E-state index is 13.7. The number of benzene rings is 2. The summed E-state index contributed by atoms with van der Waals surface area (Å²) in [5.74, 6) is -1.72. The molecule has 3 fully saturated rings. The SMILES string of the molecule is COc1cccc(C(=O)CN(C(=O)c2ccc(Cl)c(Cl)c2)N2C(=O)[C@@H]3[C@H]4C=C[C@H]([C@H]5C[C@H]45)[C@@H]3C2=O)c1. The van der Waals surface area contributed by atoms with E-state index in [0.29, 0.717) is 23.1 Å². The van der Waals surface area contributed by atoms with Crippen LogP contribution in [0.4, 0.5) is 0 Å². The minimum Gasteiger partial charge on any atom is -0.497 e. The van der Waals surface area contributed by atoms with Crippen LogP contribution >= 0.6 is 23.2 Å². The fourth-order valence-electron chi connectivity index (χ4n) is 6.21. The number of amides is 3. The van der Waals surface area contributed by atoms with Gasteiger partial charge >= 0.3 is 0 Å². The van der Waals surface area contributed by atoms with Crippen molar-refractivity contribution in [1.29, 1.82) is 0 Å². The molecule has 6 atom stereocenters. The van der Waals surface area contributed by atoms with Crippen LogP contribution in [0.5, 0.6) is 5.75 Å². The molecule has 1 heterocycles. The number of ether oxygens (including phenoxy) is 1. The molecule has 2 aromatic carbocycles. The minimum absolute atomic E-state index is 0.0116. The fraction of sp³-hybridized carbons (Fsp3) is 0.333. The highest BCUT2D eigenvalue weighted by atomic mass is 35.5. The summed E-state index contributed by atoms with van der Waals surface area (Å²) in [6.45, 7) is -0.501. The predicted molar refractivity (Wildman–Crippen MR) is 131 cm³/mol. The molecule has 7 rings (SSSR count). The van der Waals surface area contributed by atoms with Crippen LogP contribution in [-0.2, 0) is 9.59 Å². The third-order valence-corrected chi connectivity index (χ3v) is 8.71. The summed E-state index contributed by atoms with van der Waals surface area (Å²) < 4.78 is 5.21. The van der Waals surface area contributed by atoms with E-state index in [2.05, 4.69) is 12.2 Å². The molecule has 2 saturated carbocycles. The van der Waals surface area contributed by atoms with E-state index in [4.69, 9.17) is 27.9 Å². The first-order chi connectivity index (χ1) is 17.3. The van der Waals surface area contributed by atoms with E-state index < -0.39 is 41.9 Å². The molecule has 1 aliphatic heterocycles. The number of rotatable bonds is 6. The Hall–Kier alpha value is -3.16. The second-order valence-electron chi connectivity index (χ2n) is 9.79. The number of methoxy groups -OCH3 is 1. The summed E-state index contributed by atoms with van der Waals surface area (Å²) in [7, 11) is 1.49. The van der Waals surface area contributed by atoms with Gasteiger partial charge in [0.05, 0.1) is 29.0 Å². The van der Waals surface area contributed by atoms with E-state index >= 15 is 0 Å². The lowest BCUT2D eigenvalue weighted by atomic mass is 9.63. The molecular formula is C27H22Cl2N2O5. The van der Waals surface area contributed by atoms with Gasteiger partial charge in [-0.05, 0) is 60.4 Å². The van der Waals surface area contributed by atoms with Crippen LogP contribution in [0.3, 0.4) is 0 Å². The van der Waals surface area contributed by atoms with E-state index in [1.165, 1.54) is 25.3 Å².